The minimum atomic E-state index is -4.16. The maximum absolute atomic E-state index is 13.5. The summed E-state index contributed by atoms with van der Waals surface area (Å²) in [5.41, 5.74) is 1.77. The minimum Gasteiger partial charge on any atom is -0.409 e. The molecule has 0 radical (unpaired) electrons. The largest absolute Gasteiger partial charge is 0.546 e. The smallest absolute Gasteiger partial charge is 0.409 e. The van der Waals surface area contributed by atoms with E-state index >= 15 is 0 Å². The molecule has 0 aromatic heterocycles. The minimum absolute atomic E-state index is 0.129. The third-order valence-electron chi connectivity index (χ3n) is 4.68. The molecule has 0 aliphatic rings. The number of hydrogen-bond acceptors (Lipinski definition) is 5. The van der Waals surface area contributed by atoms with Crippen LogP contribution in [0.5, 0.6) is 17.2 Å². The van der Waals surface area contributed by atoms with Gasteiger partial charge >= 0.3 is 13.8 Å². The standard InChI is InChI=1S/C25H28NO5P/c1-18(2)22-16-11-17-23(19(3)4)24(22)29-25(27)26-32(28,30-20-12-7-5-8-13-20)31-21-14-9-6-10-15-21/h5-19H,1-4H3,(H,26,27,28). The third kappa shape index (κ3) is 6.14. The average Bonchev–Trinajstić information content (AvgIpc) is 2.74. The summed E-state index contributed by atoms with van der Waals surface area (Å²) in [5, 5.41) is 2.32. The van der Waals surface area contributed by atoms with E-state index in [4.69, 9.17) is 13.8 Å². The summed E-state index contributed by atoms with van der Waals surface area (Å²) in [7, 11) is -4.16. The van der Waals surface area contributed by atoms with E-state index in [2.05, 4.69) is 5.09 Å². The van der Waals surface area contributed by atoms with E-state index in [9.17, 15) is 9.36 Å². The van der Waals surface area contributed by atoms with E-state index in [0.717, 1.165) is 11.1 Å². The summed E-state index contributed by atoms with van der Waals surface area (Å²) in [6.07, 6.45) is -0.921. The lowest BCUT2D eigenvalue weighted by Gasteiger charge is -2.22. The second-order valence-electron chi connectivity index (χ2n) is 7.88. The number of amides is 1. The van der Waals surface area contributed by atoms with E-state index in [-0.39, 0.29) is 23.3 Å². The highest BCUT2D eigenvalue weighted by Gasteiger charge is 2.33. The number of ether oxygens (including phenoxy) is 1. The Morgan fingerprint density at radius 2 is 1.16 bits per heavy atom. The molecule has 0 aliphatic heterocycles. The topological polar surface area (TPSA) is 73.9 Å². The Bertz CT molecular complexity index is 1010. The van der Waals surface area contributed by atoms with Crippen LogP contribution in [-0.2, 0) is 4.57 Å². The number of benzene rings is 3. The molecule has 0 heterocycles. The molecule has 6 nitrogen and oxygen atoms in total. The van der Waals surface area contributed by atoms with Gasteiger partial charge in [-0.25, -0.2) is 14.4 Å². The highest BCUT2D eigenvalue weighted by Crippen LogP contribution is 2.45. The van der Waals surface area contributed by atoms with Crippen LogP contribution >= 0.6 is 7.75 Å². The van der Waals surface area contributed by atoms with Crippen LogP contribution in [0.15, 0.2) is 78.9 Å². The molecule has 0 atom stereocenters. The number of nitrogens with one attached hydrogen (secondary N) is 1. The lowest BCUT2D eigenvalue weighted by atomic mass is 9.94. The summed E-state index contributed by atoms with van der Waals surface area (Å²) < 4.78 is 30.4. The van der Waals surface area contributed by atoms with Crippen molar-refractivity contribution in [3.05, 3.63) is 90.0 Å². The lowest BCUT2D eigenvalue weighted by molar-refractivity contribution is 0.202. The van der Waals surface area contributed by atoms with Gasteiger partial charge in [-0.3, -0.25) is 0 Å². The molecule has 0 aliphatic carbocycles. The molecule has 1 N–H and O–H groups in total. The van der Waals surface area contributed by atoms with E-state index in [0.29, 0.717) is 5.75 Å². The molecule has 32 heavy (non-hydrogen) atoms. The number of carbonyl (C=O) groups excluding carboxylic acids is 1. The summed E-state index contributed by atoms with van der Waals surface area (Å²) >= 11 is 0. The maximum Gasteiger partial charge on any atom is 0.546 e. The molecule has 3 aromatic rings. The van der Waals surface area contributed by atoms with Gasteiger partial charge in [-0.2, -0.15) is 0 Å². The van der Waals surface area contributed by atoms with Crippen LogP contribution in [0.25, 0.3) is 0 Å². The molecule has 0 saturated carbocycles. The first-order chi connectivity index (χ1) is 15.3. The fourth-order valence-corrected chi connectivity index (χ4v) is 4.33. The highest BCUT2D eigenvalue weighted by molar-refractivity contribution is 7.53. The van der Waals surface area contributed by atoms with Gasteiger partial charge in [0, 0.05) is 0 Å². The van der Waals surface area contributed by atoms with Gasteiger partial charge in [0.25, 0.3) is 0 Å². The van der Waals surface area contributed by atoms with Crippen molar-refractivity contribution in [2.45, 2.75) is 39.5 Å². The third-order valence-corrected chi connectivity index (χ3v) is 6.04. The molecule has 3 aromatic carbocycles. The van der Waals surface area contributed by atoms with E-state index in [1.54, 1.807) is 60.7 Å². The molecule has 1 amide bonds. The Labute approximate surface area is 189 Å². The van der Waals surface area contributed by atoms with Crippen molar-refractivity contribution >= 4 is 13.8 Å². The van der Waals surface area contributed by atoms with Crippen molar-refractivity contribution in [1.29, 1.82) is 0 Å². The van der Waals surface area contributed by atoms with Crippen molar-refractivity contribution in [1.82, 2.24) is 5.09 Å². The van der Waals surface area contributed by atoms with E-state index in [1.807, 2.05) is 45.9 Å². The van der Waals surface area contributed by atoms with Gasteiger partial charge in [-0.15, -0.1) is 0 Å². The lowest BCUT2D eigenvalue weighted by Crippen LogP contribution is -2.29. The normalized spacial score (nSPS) is 11.3. The molecular formula is C25H28NO5P. The number of para-hydroxylation sites is 3. The second kappa shape index (κ2) is 10.4. The first-order valence-corrected chi connectivity index (χ1v) is 12.0. The van der Waals surface area contributed by atoms with Crippen LogP contribution in [0.1, 0.15) is 50.7 Å². The van der Waals surface area contributed by atoms with Crippen LogP contribution in [0.3, 0.4) is 0 Å². The molecule has 0 bridgehead atoms. The van der Waals surface area contributed by atoms with Crippen molar-refractivity contribution in [3.8, 4) is 17.2 Å². The first kappa shape index (κ1) is 23.4. The SMILES string of the molecule is CC(C)c1cccc(C(C)C)c1OC(=O)NP(=O)(Oc1ccccc1)Oc1ccccc1. The van der Waals surface area contributed by atoms with Gasteiger partial charge in [-0.1, -0.05) is 82.3 Å². The van der Waals surface area contributed by atoms with E-state index < -0.39 is 13.8 Å². The monoisotopic (exact) mass is 453 g/mol. The molecule has 0 fully saturated rings. The Balaban J connectivity index is 1.88. The van der Waals surface area contributed by atoms with Gasteiger partial charge in [0.1, 0.15) is 17.2 Å². The van der Waals surface area contributed by atoms with Crippen molar-refractivity contribution in [2.75, 3.05) is 0 Å². The predicted molar refractivity (Wildman–Crippen MR) is 126 cm³/mol. The molecule has 0 spiro atoms. The fourth-order valence-electron chi connectivity index (χ4n) is 3.13. The Hall–Kier alpha value is -3.24. The Kier molecular flexibility index (Phi) is 7.60. The zero-order valence-electron chi connectivity index (χ0n) is 18.6. The molecular weight excluding hydrogens is 425 g/mol. The van der Waals surface area contributed by atoms with Gasteiger partial charge in [0.05, 0.1) is 0 Å². The number of carbonyl (C=O) groups is 1. The van der Waals surface area contributed by atoms with Crippen LogP contribution in [0.2, 0.25) is 0 Å². The van der Waals surface area contributed by atoms with Gasteiger partial charge < -0.3 is 13.8 Å². The summed E-state index contributed by atoms with van der Waals surface area (Å²) in [5.74, 6) is 1.30. The number of hydrogen-bond donors (Lipinski definition) is 1. The molecule has 3 rings (SSSR count). The Morgan fingerprint density at radius 3 is 1.56 bits per heavy atom. The van der Waals surface area contributed by atoms with Crippen LogP contribution < -0.4 is 18.9 Å². The van der Waals surface area contributed by atoms with Crippen LogP contribution in [0.4, 0.5) is 4.79 Å². The quantitative estimate of drug-likeness (QED) is 0.363. The zero-order chi connectivity index (χ0) is 23.1. The van der Waals surface area contributed by atoms with Gasteiger partial charge in [0.2, 0.25) is 0 Å². The molecule has 0 saturated heterocycles. The zero-order valence-corrected chi connectivity index (χ0v) is 19.5. The van der Waals surface area contributed by atoms with Gasteiger partial charge in [0.15, 0.2) is 0 Å². The predicted octanol–water partition coefficient (Wildman–Crippen LogP) is 7.29. The van der Waals surface area contributed by atoms with Crippen molar-refractivity contribution in [3.63, 3.8) is 0 Å². The fraction of sp³-hybridized carbons (Fsp3) is 0.240. The maximum atomic E-state index is 13.5. The summed E-state index contributed by atoms with van der Waals surface area (Å²) in [6.45, 7) is 8.08. The summed E-state index contributed by atoms with van der Waals surface area (Å²) in [4.78, 5) is 12.9. The van der Waals surface area contributed by atoms with Crippen LogP contribution in [0, 0.1) is 0 Å². The van der Waals surface area contributed by atoms with Gasteiger partial charge in [-0.05, 0) is 47.2 Å². The highest BCUT2D eigenvalue weighted by atomic mass is 31.2. The first-order valence-electron chi connectivity index (χ1n) is 10.5. The summed E-state index contributed by atoms with van der Waals surface area (Å²) in [6, 6.07) is 22.8. The average molecular weight is 453 g/mol. The molecule has 7 heteroatoms. The van der Waals surface area contributed by atoms with Crippen molar-refractivity contribution in [2.24, 2.45) is 0 Å². The number of rotatable bonds is 8. The van der Waals surface area contributed by atoms with E-state index in [1.165, 1.54) is 0 Å². The van der Waals surface area contributed by atoms with Crippen LogP contribution in [-0.4, -0.2) is 6.09 Å². The second-order valence-corrected chi connectivity index (χ2v) is 9.47. The van der Waals surface area contributed by atoms with Crippen molar-refractivity contribution < 1.29 is 23.1 Å². The molecule has 168 valence electrons. The Morgan fingerprint density at radius 1 is 0.719 bits per heavy atom. The molecule has 0 unspecified atom stereocenters.